The first-order chi connectivity index (χ1) is 12.9. The van der Waals surface area contributed by atoms with E-state index >= 15 is 0 Å². The highest BCUT2D eigenvalue weighted by atomic mass is 32.2. The van der Waals surface area contributed by atoms with Crippen molar-refractivity contribution in [1.29, 1.82) is 0 Å². The molecule has 1 aromatic heterocycles. The van der Waals surface area contributed by atoms with Crippen LogP contribution >= 0.6 is 0 Å². The SMILES string of the molecule is CCc1oc2ccccc2c1/C=C/C(=O)Nc1ccc(CS(N)(=O)=O)cc1. The summed E-state index contributed by atoms with van der Waals surface area (Å²) in [7, 11) is -3.58. The predicted molar refractivity (Wildman–Crippen MR) is 107 cm³/mol. The number of para-hydroxylation sites is 1. The number of fused-ring (bicyclic) bond motifs is 1. The molecule has 0 saturated heterocycles. The molecule has 3 rings (SSSR count). The quantitative estimate of drug-likeness (QED) is 0.636. The Morgan fingerprint density at radius 1 is 1.15 bits per heavy atom. The Balaban J connectivity index is 1.73. The minimum Gasteiger partial charge on any atom is -0.460 e. The summed E-state index contributed by atoms with van der Waals surface area (Å²) >= 11 is 0. The molecule has 27 heavy (non-hydrogen) atoms. The third kappa shape index (κ3) is 4.84. The highest BCUT2D eigenvalue weighted by Crippen LogP contribution is 2.27. The maximum atomic E-state index is 12.2. The van der Waals surface area contributed by atoms with E-state index in [1.807, 2.05) is 31.2 Å². The fourth-order valence-electron chi connectivity index (χ4n) is 2.82. The molecule has 7 heteroatoms. The lowest BCUT2D eigenvalue weighted by molar-refractivity contribution is -0.111. The highest BCUT2D eigenvalue weighted by Gasteiger charge is 2.10. The molecule has 0 aliphatic carbocycles. The van der Waals surface area contributed by atoms with Gasteiger partial charge in [0.2, 0.25) is 15.9 Å². The molecule has 0 radical (unpaired) electrons. The lowest BCUT2D eigenvalue weighted by atomic mass is 10.1. The minimum atomic E-state index is -3.58. The van der Waals surface area contributed by atoms with Crippen molar-refractivity contribution in [1.82, 2.24) is 0 Å². The van der Waals surface area contributed by atoms with Gasteiger partial charge in [0, 0.05) is 29.1 Å². The number of sulfonamides is 1. The average molecular weight is 384 g/mol. The van der Waals surface area contributed by atoms with E-state index in [0.29, 0.717) is 11.3 Å². The van der Waals surface area contributed by atoms with Crippen LogP contribution in [0.5, 0.6) is 0 Å². The predicted octanol–water partition coefficient (Wildman–Crippen LogP) is 3.44. The van der Waals surface area contributed by atoms with Crippen LogP contribution in [0.25, 0.3) is 17.0 Å². The Bertz CT molecular complexity index is 1100. The molecule has 0 atom stereocenters. The van der Waals surface area contributed by atoms with Gasteiger partial charge in [-0.1, -0.05) is 37.3 Å². The normalized spacial score (nSPS) is 11.9. The van der Waals surface area contributed by atoms with Crippen molar-refractivity contribution >= 4 is 38.7 Å². The second-order valence-electron chi connectivity index (χ2n) is 6.12. The molecule has 0 unspecified atom stereocenters. The number of nitrogens with one attached hydrogen (secondary N) is 1. The molecule has 1 heterocycles. The Kier molecular flexibility index (Phi) is 5.43. The number of benzene rings is 2. The van der Waals surface area contributed by atoms with Crippen molar-refractivity contribution in [3.05, 3.63) is 71.5 Å². The highest BCUT2D eigenvalue weighted by molar-refractivity contribution is 7.88. The van der Waals surface area contributed by atoms with Gasteiger partial charge < -0.3 is 9.73 Å². The van der Waals surface area contributed by atoms with E-state index in [-0.39, 0.29) is 11.7 Å². The molecule has 3 N–H and O–H groups in total. The number of carbonyl (C=O) groups excluding carboxylic acids is 1. The number of nitrogens with two attached hydrogens (primary N) is 1. The zero-order valence-corrected chi connectivity index (χ0v) is 15.6. The molecule has 0 fully saturated rings. The molecule has 0 saturated carbocycles. The first-order valence-electron chi connectivity index (χ1n) is 8.44. The molecule has 0 aliphatic heterocycles. The Morgan fingerprint density at radius 2 is 1.85 bits per heavy atom. The summed E-state index contributed by atoms with van der Waals surface area (Å²) in [6.45, 7) is 2.00. The summed E-state index contributed by atoms with van der Waals surface area (Å²) in [5.74, 6) is 0.295. The fraction of sp³-hybridized carbons (Fsp3) is 0.150. The summed E-state index contributed by atoms with van der Waals surface area (Å²) in [5.41, 5.74) is 2.81. The fourth-order valence-corrected chi connectivity index (χ4v) is 3.48. The number of carbonyl (C=O) groups is 1. The van der Waals surface area contributed by atoms with Gasteiger partial charge >= 0.3 is 0 Å². The van der Waals surface area contributed by atoms with Crippen LogP contribution < -0.4 is 10.5 Å². The third-order valence-corrected chi connectivity index (χ3v) is 4.76. The number of aryl methyl sites for hydroxylation is 1. The molecule has 0 bridgehead atoms. The summed E-state index contributed by atoms with van der Waals surface area (Å²) in [6.07, 6.45) is 3.92. The van der Waals surface area contributed by atoms with Crippen LogP contribution in [-0.4, -0.2) is 14.3 Å². The number of amides is 1. The van der Waals surface area contributed by atoms with Crippen molar-refractivity contribution in [2.75, 3.05) is 5.32 Å². The number of hydrogen-bond donors (Lipinski definition) is 2. The molecule has 140 valence electrons. The van der Waals surface area contributed by atoms with E-state index < -0.39 is 10.0 Å². The van der Waals surface area contributed by atoms with Gasteiger partial charge in [0.15, 0.2) is 0 Å². The second-order valence-corrected chi connectivity index (χ2v) is 7.73. The van der Waals surface area contributed by atoms with Crippen molar-refractivity contribution in [3.63, 3.8) is 0 Å². The molecular weight excluding hydrogens is 364 g/mol. The molecule has 2 aromatic carbocycles. The number of hydrogen-bond acceptors (Lipinski definition) is 4. The molecule has 0 spiro atoms. The number of furan rings is 1. The van der Waals surface area contributed by atoms with Gasteiger partial charge in [0.25, 0.3) is 0 Å². The summed E-state index contributed by atoms with van der Waals surface area (Å²) in [5, 5.41) is 8.73. The first kappa shape index (κ1) is 18.9. The maximum Gasteiger partial charge on any atom is 0.248 e. The summed E-state index contributed by atoms with van der Waals surface area (Å²) in [6, 6.07) is 14.2. The van der Waals surface area contributed by atoms with Crippen LogP contribution in [-0.2, 0) is 27.0 Å². The van der Waals surface area contributed by atoms with Crippen LogP contribution in [0, 0.1) is 0 Å². The molecule has 0 aliphatic rings. The molecule has 3 aromatic rings. The Hall–Kier alpha value is -2.90. The number of primary sulfonamides is 1. The van der Waals surface area contributed by atoms with Gasteiger partial charge in [0.05, 0.1) is 5.75 Å². The van der Waals surface area contributed by atoms with Crippen molar-refractivity contribution < 1.29 is 17.6 Å². The van der Waals surface area contributed by atoms with E-state index in [0.717, 1.165) is 28.7 Å². The van der Waals surface area contributed by atoms with Gasteiger partial charge in [-0.25, -0.2) is 13.6 Å². The Morgan fingerprint density at radius 3 is 2.52 bits per heavy atom. The van der Waals surface area contributed by atoms with E-state index in [1.54, 1.807) is 30.3 Å². The van der Waals surface area contributed by atoms with Gasteiger partial charge in [-0.15, -0.1) is 0 Å². The zero-order chi connectivity index (χ0) is 19.4. The molecule has 6 nitrogen and oxygen atoms in total. The van der Waals surface area contributed by atoms with Crippen molar-refractivity contribution in [3.8, 4) is 0 Å². The molecular formula is C20H20N2O4S. The lowest BCUT2D eigenvalue weighted by Crippen LogP contribution is -2.14. The summed E-state index contributed by atoms with van der Waals surface area (Å²) < 4.78 is 28.0. The largest absolute Gasteiger partial charge is 0.460 e. The zero-order valence-electron chi connectivity index (χ0n) is 14.8. The van der Waals surface area contributed by atoms with E-state index in [2.05, 4.69) is 5.32 Å². The van der Waals surface area contributed by atoms with Gasteiger partial charge in [0.1, 0.15) is 11.3 Å². The van der Waals surface area contributed by atoms with Gasteiger partial charge in [-0.05, 0) is 29.8 Å². The van der Waals surface area contributed by atoms with Crippen LogP contribution in [0.3, 0.4) is 0 Å². The van der Waals surface area contributed by atoms with Crippen LogP contribution in [0.1, 0.15) is 23.8 Å². The topological polar surface area (TPSA) is 102 Å². The van der Waals surface area contributed by atoms with Crippen LogP contribution in [0.15, 0.2) is 59.0 Å². The smallest absolute Gasteiger partial charge is 0.248 e. The average Bonchev–Trinajstić information content (AvgIpc) is 2.98. The van der Waals surface area contributed by atoms with Gasteiger partial charge in [-0.3, -0.25) is 4.79 Å². The Labute approximate surface area is 157 Å². The van der Waals surface area contributed by atoms with E-state index in [4.69, 9.17) is 9.56 Å². The van der Waals surface area contributed by atoms with Crippen LogP contribution in [0.4, 0.5) is 5.69 Å². The van der Waals surface area contributed by atoms with Gasteiger partial charge in [-0.2, -0.15) is 0 Å². The first-order valence-corrected chi connectivity index (χ1v) is 10.2. The summed E-state index contributed by atoms with van der Waals surface area (Å²) in [4.78, 5) is 12.2. The standard InChI is InChI=1S/C20H20N2O4S/c1-2-18-17(16-5-3-4-6-19(16)26-18)11-12-20(23)22-15-9-7-14(8-10-15)13-27(21,24)25/h3-12H,2,13H2,1H3,(H,22,23)(H2,21,24,25)/b12-11+. The number of rotatable bonds is 6. The van der Waals surface area contributed by atoms with Crippen molar-refractivity contribution in [2.24, 2.45) is 5.14 Å². The molecule has 1 amide bonds. The van der Waals surface area contributed by atoms with E-state index in [1.165, 1.54) is 6.08 Å². The number of anilines is 1. The monoisotopic (exact) mass is 384 g/mol. The van der Waals surface area contributed by atoms with E-state index in [9.17, 15) is 13.2 Å². The maximum absolute atomic E-state index is 12.2. The lowest BCUT2D eigenvalue weighted by Gasteiger charge is -2.04. The second kappa shape index (κ2) is 7.77. The van der Waals surface area contributed by atoms with Crippen LogP contribution in [0.2, 0.25) is 0 Å². The van der Waals surface area contributed by atoms with Crippen molar-refractivity contribution in [2.45, 2.75) is 19.1 Å². The third-order valence-electron chi connectivity index (χ3n) is 4.02. The minimum absolute atomic E-state index is 0.242.